The molecule has 2 aliphatic rings. The van der Waals surface area contributed by atoms with Crippen LogP contribution in [0.25, 0.3) is 0 Å². The molecule has 0 radical (unpaired) electrons. The second-order valence-electron chi connectivity index (χ2n) is 4.54. The van der Waals surface area contributed by atoms with Gasteiger partial charge in [0, 0.05) is 0 Å². The van der Waals surface area contributed by atoms with Gasteiger partial charge in [0.1, 0.15) is 12.4 Å². The highest BCUT2D eigenvalue weighted by Gasteiger charge is 2.29. The van der Waals surface area contributed by atoms with Gasteiger partial charge in [-0.3, -0.25) is 0 Å². The second-order valence-corrected chi connectivity index (χ2v) is 4.54. The SMILES string of the molecule is O=C(O)C1CCC(CO)O1.O=CC1CCC(CO)O1. The van der Waals surface area contributed by atoms with Crippen LogP contribution in [0, 0.1) is 0 Å². The summed E-state index contributed by atoms with van der Waals surface area (Å²) in [6, 6.07) is 0. The molecule has 0 spiro atoms. The highest BCUT2D eigenvalue weighted by Crippen LogP contribution is 2.19. The Morgan fingerprint density at radius 2 is 1.63 bits per heavy atom. The molecule has 2 saturated heterocycles. The van der Waals surface area contributed by atoms with Crippen molar-refractivity contribution in [2.24, 2.45) is 0 Å². The number of carboxylic acids is 1. The van der Waals surface area contributed by atoms with Crippen LogP contribution in [0.15, 0.2) is 0 Å². The number of hydrogen-bond acceptors (Lipinski definition) is 6. The minimum absolute atomic E-state index is 0.0321. The molecule has 2 fully saturated rings. The Bertz CT molecular complexity index is 294. The number of carbonyl (C=O) groups excluding carboxylic acids is 1. The Morgan fingerprint density at radius 3 is 1.95 bits per heavy atom. The van der Waals surface area contributed by atoms with Gasteiger partial charge in [0.15, 0.2) is 6.10 Å². The first kappa shape index (κ1) is 16.0. The lowest BCUT2D eigenvalue weighted by atomic mass is 10.2. The maximum Gasteiger partial charge on any atom is 0.332 e. The summed E-state index contributed by atoms with van der Waals surface area (Å²) in [5.41, 5.74) is 0. The van der Waals surface area contributed by atoms with E-state index in [1.807, 2.05) is 0 Å². The molecule has 110 valence electrons. The van der Waals surface area contributed by atoms with Gasteiger partial charge in [-0.1, -0.05) is 0 Å². The minimum atomic E-state index is -0.934. The molecule has 2 rings (SSSR count). The van der Waals surface area contributed by atoms with E-state index in [0.29, 0.717) is 12.8 Å². The quantitative estimate of drug-likeness (QED) is 0.584. The summed E-state index contributed by atoms with van der Waals surface area (Å²) in [6.45, 7) is -0.0475. The minimum Gasteiger partial charge on any atom is -0.479 e. The second kappa shape index (κ2) is 8.21. The number of rotatable bonds is 4. The van der Waals surface area contributed by atoms with Gasteiger partial charge in [0.25, 0.3) is 0 Å². The molecule has 4 unspecified atom stereocenters. The molecule has 2 heterocycles. The number of aliphatic hydroxyl groups is 2. The largest absolute Gasteiger partial charge is 0.479 e. The molecule has 19 heavy (non-hydrogen) atoms. The van der Waals surface area contributed by atoms with Crippen LogP contribution in [-0.4, -0.2) is 65.2 Å². The lowest BCUT2D eigenvalue weighted by Gasteiger charge is -2.06. The maximum absolute atomic E-state index is 10.3. The van der Waals surface area contributed by atoms with E-state index in [9.17, 15) is 9.59 Å². The van der Waals surface area contributed by atoms with Gasteiger partial charge in [-0.15, -0.1) is 0 Å². The van der Waals surface area contributed by atoms with Gasteiger partial charge in [-0.05, 0) is 25.7 Å². The van der Waals surface area contributed by atoms with Crippen LogP contribution < -0.4 is 0 Å². The number of carbonyl (C=O) groups is 2. The Morgan fingerprint density at radius 1 is 1.05 bits per heavy atom. The van der Waals surface area contributed by atoms with Gasteiger partial charge in [-0.25, -0.2) is 4.79 Å². The Labute approximate surface area is 111 Å². The molecule has 7 heteroatoms. The lowest BCUT2D eigenvalue weighted by Crippen LogP contribution is -2.21. The molecule has 2 aliphatic heterocycles. The number of carboxylic acid groups (broad SMARTS) is 1. The van der Waals surface area contributed by atoms with Crippen LogP contribution in [0.2, 0.25) is 0 Å². The fourth-order valence-electron chi connectivity index (χ4n) is 1.99. The van der Waals surface area contributed by atoms with E-state index >= 15 is 0 Å². The lowest BCUT2D eigenvalue weighted by molar-refractivity contribution is -0.150. The predicted molar refractivity (Wildman–Crippen MR) is 63.7 cm³/mol. The number of hydrogen-bond donors (Lipinski definition) is 3. The van der Waals surface area contributed by atoms with Gasteiger partial charge in [-0.2, -0.15) is 0 Å². The van der Waals surface area contributed by atoms with Crippen LogP contribution in [0.5, 0.6) is 0 Å². The van der Waals surface area contributed by atoms with Gasteiger partial charge >= 0.3 is 5.97 Å². The average molecular weight is 276 g/mol. The average Bonchev–Trinajstić information content (AvgIpc) is 3.08. The molecule has 0 saturated carbocycles. The van der Waals surface area contributed by atoms with Crippen LogP contribution in [0.3, 0.4) is 0 Å². The molecule has 0 aromatic heterocycles. The van der Waals surface area contributed by atoms with E-state index in [1.165, 1.54) is 0 Å². The Kier molecular flexibility index (Phi) is 6.93. The van der Waals surface area contributed by atoms with Gasteiger partial charge in [0.2, 0.25) is 0 Å². The molecule has 4 atom stereocenters. The highest BCUT2D eigenvalue weighted by molar-refractivity contribution is 5.72. The standard InChI is InChI=1S/C6H10O4.C6H10O3/c7-3-4-1-2-5(10-4)6(8)9;7-3-5-1-2-6(4-8)9-5/h4-5,7H,1-3H2,(H,8,9);3,5-6,8H,1-2,4H2. The van der Waals surface area contributed by atoms with E-state index in [-0.39, 0.29) is 31.5 Å². The number of aliphatic hydroxyl groups excluding tert-OH is 2. The summed E-state index contributed by atoms with van der Waals surface area (Å²) >= 11 is 0. The first-order chi connectivity index (χ1) is 9.10. The molecule has 3 N–H and O–H groups in total. The fraction of sp³-hybridized carbons (Fsp3) is 0.833. The highest BCUT2D eigenvalue weighted by atomic mass is 16.5. The third-order valence-corrected chi connectivity index (χ3v) is 3.08. The van der Waals surface area contributed by atoms with E-state index in [2.05, 4.69) is 0 Å². The van der Waals surface area contributed by atoms with Crippen molar-refractivity contribution in [1.29, 1.82) is 0 Å². The van der Waals surface area contributed by atoms with Crippen molar-refractivity contribution in [3.8, 4) is 0 Å². The number of aldehydes is 1. The summed E-state index contributed by atoms with van der Waals surface area (Å²) < 4.78 is 9.96. The van der Waals surface area contributed by atoms with E-state index in [1.54, 1.807) is 0 Å². The van der Waals surface area contributed by atoms with E-state index in [0.717, 1.165) is 19.1 Å². The van der Waals surface area contributed by atoms with Crippen LogP contribution in [0.1, 0.15) is 25.7 Å². The molecule has 0 amide bonds. The van der Waals surface area contributed by atoms with Crippen molar-refractivity contribution in [2.45, 2.75) is 50.1 Å². The zero-order chi connectivity index (χ0) is 14.3. The predicted octanol–water partition coefficient (Wildman–Crippen LogP) is -0.664. The maximum atomic E-state index is 10.3. The first-order valence-electron chi connectivity index (χ1n) is 6.31. The smallest absolute Gasteiger partial charge is 0.332 e. The molecular weight excluding hydrogens is 256 g/mol. The molecular formula is C12H20O7. The normalized spacial score (nSPS) is 33.6. The molecule has 7 nitrogen and oxygen atoms in total. The zero-order valence-corrected chi connectivity index (χ0v) is 10.6. The zero-order valence-electron chi connectivity index (χ0n) is 10.6. The van der Waals surface area contributed by atoms with Gasteiger partial charge in [0.05, 0.1) is 25.4 Å². The van der Waals surface area contributed by atoms with Crippen molar-refractivity contribution in [3.05, 3.63) is 0 Å². The first-order valence-corrected chi connectivity index (χ1v) is 6.31. The van der Waals surface area contributed by atoms with E-state index in [4.69, 9.17) is 24.8 Å². The van der Waals surface area contributed by atoms with Crippen molar-refractivity contribution >= 4 is 12.3 Å². The fourth-order valence-corrected chi connectivity index (χ4v) is 1.99. The van der Waals surface area contributed by atoms with E-state index < -0.39 is 12.1 Å². The number of aliphatic carboxylic acids is 1. The summed E-state index contributed by atoms with van der Waals surface area (Å²) in [6.07, 6.45) is 2.19. The molecule has 0 bridgehead atoms. The third kappa shape index (κ3) is 5.23. The topological polar surface area (TPSA) is 113 Å². The van der Waals surface area contributed by atoms with Crippen molar-refractivity contribution in [2.75, 3.05) is 13.2 Å². The molecule has 0 aliphatic carbocycles. The summed E-state index contributed by atoms with van der Waals surface area (Å²) in [5.74, 6) is -0.934. The summed E-state index contributed by atoms with van der Waals surface area (Å²) in [4.78, 5) is 20.3. The van der Waals surface area contributed by atoms with Crippen molar-refractivity contribution < 1.29 is 34.4 Å². The molecule has 0 aromatic carbocycles. The van der Waals surface area contributed by atoms with Gasteiger partial charge < -0.3 is 29.6 Å². The van der Waals surface area contributed by atoms with Crippen LogP contribution in [-0.2, 0) is 19.1 Å². The number of ether oxygens (including phenoxy) is 2. The Balaban J connectivity index is 0.000000191. The van der Waals surface area contributed by atoms with Crippen LogP contribution in [0.4, 0.5) is 0 Å². The van der Waals surface area contributed by atoms with Crippen molar-refractivity contribution in [1.82, 2.24) is 0 Å². The van der Waals surface area contributed by atoms with Crippen LogP contribution >= 0.6 is 0 Å². The Hall–Kier alpha value is -1.02. The monoisotopic (exact) mass is 276 g/mol. The molecule has 0 aromatic rings. The summed E-state index contributed by atoms with van der Waals surface area (Å²) in [7, 11) is 0. The summed E-state index contributed by atoms with van der Waals surface area (Å²) in [5, 5.41) is 25.5. The third-order valence-electron chi connectivity index (χ3n) is 3.08. The van der Waals surface area contributed by atoms with Crippen molar-refractivity contribution in [3.63, 3.8) is 0 Å².